The Morgan fingerprint density at radius 1 is 1.32 bits per heavy atom. The van der Waals surface area contributed by atoms with Gasteiger partial charge in [0.05, 0.1) is 5.56 Å². The van der Waals surface area contributed by atoms with E-state index in [1.807, 2.05) is 0 Å². The van der Waals surface area contributed by atoms with E-state index in [1.54, 1.807) is 0 Å². The van der Waals surface area contributed by atoms with Crippen LogP contribution < -0.4 is 5.76 Å². The summed E-state index contributed by atoms with van der Waals surface area (Å²) in [5, 5.41) is 5.70. The Balaban J connectivity index is 2.10. The van der Waals surface area contributed by atoms with E-state index >= 15 is 0 Å². The molecule has 100 valence electrons. The van der Waals surface area contributed by atoms with Crippen molar-refractivity contribution in [2.45, 2.75) is 24.9 Å². The third-order valence-corrected chi connectivity index (χ3v) is 3.06. The van der Waals surface area contributed by atoms with Crippen molar-refractivity contribution >= 4 is 0 Å². The lowest BCUT2D eigenvalue weighted by molar-refractivity contribution is -0.138. The number of halogens is 3. The van der Waals surface area contributed by atoms with Gasteiger partial charge in [0, 0.05) is 5.56 Å². The van der Waals surface area contributed by atoms with Crippen LogP contribution in [0.1, 0.15) is 29.9 Å². The Hall–Kier alpha value is -2.05. The minimum atomic E-state index is -4.37. The lowest BCUT2D eigenvalue weighted by Crippen LogP contribution is -2.08. The molecule has 1 aromatic carbocycles. The summed E-state index contributed by atoms with van der Waals surface area (Å²) in [6, 6.07) is 3.67. The molecule has 1 saturated carbocycles. The van der Waals surface area contributed by atoms with Crippen molar-refractivity contribution in [2.24, 2.45) is 0 Å². The van der Waals surface area contributed by atoms with Crippen LogP contribution in [0, 0.1) is 0 Å². The highest BCUT2D eigenvalue weighted by Gasteiger charge is 2.38. The first-order chi connectivity index (χ1) is 8.95. The van der Waals surface area contributed by atoms with Gasteiger partial charge in [-0.2, -0.15) is 13.2 Å². The molecule has 0 saturated heterocycles. The largest absolute Gasteiger partial charge is 0.434 e. The van der Waals surface area contributed by atoms with Crippen molar-refractivity contribution in [2.75, 3.05) is 0 Å². The molecular weight excluding hydrogens is 261 g/mol. The highest BCUT2D eigenvalue weighted by molar-refractivity contribution is 5.57. The number of H-pyrrole nitrogens is 1. The van der Waals surface area contributed by atoms with Gasteiger partial charge >= 0.3 is 11.9 Å². The summed E-state index contributed by atoms with van der Waals surface area (Å²) in [7, 11) is 0. The average Bonchev–Trinajstić information content (AvgIpc) is 3.10. The second-order valence-electron chi connectivity index (χ2n) is 4.49. The number of aromatic amines is 1. The van der Waals surface area contributed by atoms with Crippen molar-refractivity contribution in [3.8, 4) is 11.5 Å². The second kappa shape index (κ2) is 3.97. The fourth-order valence-electron chi connectivity index (χ4n) is 2.04. The normalized spacial score (nSPS) is 15.7. The standard InChI is InChI=1S/C12H9F3N2O2/c13-12(14,15)9-4-3-7(5-8(9)6-1-2-6)10-16-17-11(18)19-10/h3-6H,1-2H2,(H,17,18). The zero-order valence-electron chi connectivity index (χ0n) is 9.62. The average molecular weight is 270 g/mol. The summed E-state index contributed by atoms with van der Waals surface area (Å²) in [6.07, 6.45) is -2.88. The van der Waals surface area contributed by atoms with Gasteiger partial charge in [0.15, 0.2) is 0 Å². The zero-order valence-corrected chi connectivity index (χ0v) is 9.62. The van der Waals surface area contributed by atoms with E-state index in [-0.39, 0.29) is 17.4 Å². The predicted molar refractivity (Wildman–Crippen MR) is 59.5 cm³/mol. The number of nitrogens with zero attached hydrogens (tertiary/aromatic N) is 1. The smallest absolute Gasteiger partial charge is 0.388 e. The molecule has 0 atom stereocenters. The summed E-state index contributed by atoms with van der Waals surface area (Å²) in [4.78, 5) is 10.9. The highest BCUT2D eigenvalue weighted by atomic mass is 19.4. The molecule has 4 nitrogen and oxygen atoms in total. The first kappa shape index (κ1) is 12.0. The molecule has 0 radical (unpaired) electrons. The molecule has 1 fully saturated rings. The van der Waals surface area contributed by atoms with Crippen molar-refractivity contribution in [3.05, 3.63) is 39.9 Å². The Labute approximate surface area is 105 Å². The van der Waals surface area contributed by atoms with Crippen LogP contribution >= 0.6 is 0 Å². The van der Waals surface area contributed by atoms with Crippen LogP contribution in [-0.2, 0) is 6.18 Å². The number of hydrogen-bond donors (Lipinski definition) is 1. The number of alkyl halides is 3. The van der Waals surface area contributed by atoms with Crippen LogP contribution in [0.4, 0.5) is 13.2 Å². The molecule has 0 bridgehead atoms. The van der Waals surface area contributed by atoms with Crippen molar-refractivity contribution in [1.82, 2.24) is 10.2 Å². The summed E-state index contributed by atoms with van der Waals surface area (Å²) >= 11 is 0. The second-order valence-corrected chi connectivity index (χ2v) is 4.49. The first-order valence-electron chi connectivity index (χ1n) is 5.72. The zero-order chi connectivity index (χ0) is 13.6. The maximum absolute atomic E-state index is 12.9. The molecule has 19 heavy (non-hydrogen) atoms. The third-order valence-electron chi connectivity index (χ3n) is 3.06. The Morgan fingerprint density at radius 2 is 2.05 bits per heavy atom. The Bertz CT molecular complexity index is 668. The van der Waals surface area contributed by atoms with E-state index in [1.165, 1.54) is 12.1 Å². The molecule has 0 unspecified atom stereocenters. The quantitative estimate of drug-likeness (QED) is 0.912. The van der Waals surface area contributed by atoms with Crippen LogP contribution in [0.5, 0.6) is 0 Å². The van der Waals surface area contributed by atoms with Gasteiger partial charge in [0.1, 0.15) is 0 Å². The topological polar surface area (TPSA) is 58.9 Å². The SMILES string of the molecule is O=c1[nH]nc(-c2ccc(C(F)(F)F)c(C3CC3)c2)o1. The van der Waals surface area contributed by atoms with Crippen molar-refractivity contribution in [1.29, 1.82) is 0 Å². The predicted octanol–water partition coefficient (Wildman–Crippen LogP) is 2.93. The minimum Gasteiger partial charge on any atom is -0.388 e. The van der Waals surface area contributed by atoms with Gasteiger partial charge in [0.25, 0.3) is 0 Å². The molecular formula is C12H9F3N2O2. The van der Waals surface area contributed by atoms with Crippen molar-refractivity contribution < 1.29 is 17.6 Å². The van der Waals surface area contributed by atoms with E-state index in [2.05, 4.69) is 10.2 Å². The van der Waals surface area contributed by atoms with E-state index in [4.69, 9.17) is 4.42 Å². The molecule has 7 heteroatoms. The lowest BCUT2D eigenvalue weighted by atomic mass is 9.99. The van der Waals surface area contributed by atoms with E-state index < -0.39 is 17.5 Å². The van der Waals surface area contributed by atoms with Gasteiger partial charge in [-0.15, -0.1) is 5.10 Å². The van der Waals surface area contributed by atoms with Gasteiger partial charge in [-0.3, -0.25) is 0 Å². The monoisotopic (exact) mass is 270 g/mol. The maximum atomic E-state index is 12.9. The number of aromatic nitrogens is 2. The molecule has 0 spiro atoms. The van der Waals surface area contributed by atoms with Crippen LogP contribution in [0.25, 0.3) is 11.5 Å². The molecule has 0 amide bonds. The summed E-state index contributed by atoms with van der Waals surface area (Å²) in [5.74, 6) is -0.800. The molecule has 1 aliphatic carbocycles. The van der Waals surface area contributed by atoms with Gasteiger partial charge in [-0.1, -0.05) is 0 Å². The first-order valence-corrected chi connectivity index (χ1v) is 5.72. The van der Waals surface area contributed by atoms with Crippen LogP contribution in [0.3, 0.4) is 0 Å². The van der Waals surface area contributed by atoms with Crippen LogP contribution in [0.15, 0.2) is 27.4 Å². The molecule has 1 heterocycles. The fourth-order valence-corrected chi connectivity index (χ4v) is 2.04. The summed E-state index contributed by atoms with van der Waals surface area (Å²) < 4.78 is 43.4. The number of hydrogen-bond acceptors (Lipinski definition) is 3. The number of nitrogens with one attached hydrogen (secondary N) is 1. The number of benzene rings is 1. The highest BCUT2D eigenvalue weighted by Crippen LogP contribution is 2.46. The van der Waals surface area contributed by atoms with Gasteiger partial charge in [-0.25, -0.2) is 9.89 Å². The fraction of sp³-hybridized carbons (Fsp3) is 0.333. The molecule has 1 N–H and O–H groups in total. The minimum absolute atomic E-state index is 0.000578. The molecule has 3 rings (SSSR count). The van der Waals surface area contributed by atoms with E-state index in [0.29, 0.717) is 5.56 Å². The summed E-state index contributed by atoms with van der Waals surface area (Å²) in [5.41, 5.74) is -0.0134. The van der Waals surface area contributed by atoms with Crippen molar-refractivity contribution in [3.63, 3.8) is 0 Å². The Kier molecular flexibility index (Phi) is 2.51. The Morgan fingerprint density at radius 3 is 2.58 bits per heavy atom. The summed E-state index contributed by atoms with van der Waals surface area (Å²) in [6.45, 7) is 0. The van der Waals surface area contributed by atoms with E-state index in [0.717, 1.165) is 18.9 Å². The third kappa shape index (κ3) is 2.27. The van der Waals surface area contributed by atoms with Gasteiger partial charge in [-0.05, 0) is 42.5 Å². The molecule has 1 aromatic heterocycles. The van der Waals surface area contributed by atoms with Crippen LogP contribution in [0.2, 0.25) is 0 Å². The molecule has 2 aromatic rings. The lowest BCUT2D eigenvalue weighted by Gasteiger charge is -2.13. The van der Waals surface area contributed by atoms with Crippen LogP contribution in [-0.4, -0.2) is 10.2 Å². The maximum Gasteiger partial charge on any atom is 0.434 e. The molecule has 1 aliphatic rings. The van der Waals surface area contributed by atoms with Gasteiger partial charge in [0.2, 0.25) is 5.89 Å². The van der Waals surface area contributed by atoms with Gasteiger partial charge < -0.3 is 4.42 Å². The number of rotatable bonds is 2. The molecule has 0 aliphatic heterocycles. The van der Waals surface area contributed by atoms with E-state index in [9.17, 15) is 18.0 Å².